The Morgan fingerprint density at radius 1 is 0.795 bits per heavy atom. The van der Waals surface area contributed by atoms with Crippen LogP contribution in [0.4, 0.5) is 0 Å². The number of benzene rings is 4. The summed E-state index contributed by atoms with van der Waals surface area (Å²) in [6, 6.07) is 29.2. The standard InChI is InChI=1S/C34H37N3O2/c1-24(25-10-3-2-4-11-25)35-33(38)28-14-9-19-37(23-28)29-17-20-36(21-18-29)34(39)32-30-15-7-5-12-26(30)22-27-13-6-8-16-31(27)32/h2-8,10-13,15-16,22,24,28-29H,9,14,17-21,23H2,1H3,(H,35,38). The fraction of sp³-hybridized carbons (Fsp3) is 0.353. The summed E-state index contributed by atoms with van der Waals surface area (Å²) < 4.78 is 0. The SMILES string of the molecule is CC(NC(=O)C1CCCN(C2CCN(C(=O)c3c4ccccc4cc4ccccc34)CC2)C1)c1ccccc1. The first-order valence-corrected chi connectivity index (χ1v) is 14.4. The molecule has 2 aliphatic rings. The molecule has 39 heavy (non-hydrogen) atoms. The summed E-state index contributed by atoms with van der Waals surface area (Å²) in [6.07, 6.45) is 3.88. The number of fused-ring (bicyclic) bond motifs is 2. The van der Waals surface area contributed by atoms with E-state index in [-0.39, 0.29) is 23.8 Å². The summed E-state index contributed by atoms with van der Waals surface area (Å²) in [6.45, 7) is 5.39. The van der Waals surface area contributed by atoms with Crippen LogP contribution < -0.4 is 5.32 Å². The number of hydrogen-bond acceptors (Lipinski definition) is 3. The number of rotatable bonds is 5. The van der Waals surface area contributed by atoms with E-state index in [9.17, 15) is 9.59 Å². The minimum atomic E-state index is 0.00785. The lowest BCUT2D eigenvalue weighted by Crippen LogP contribution is -2.51. The first kappa shape index (κ1) is 25.6. The molecule has 0 spiro atoms. The normalized spacial score (nSPS) is 19.7. The van der Waals surface area contributed by atoms with Crippen molar-refractivity contribution < 1.29 is 9.59 Å². The van der Waals surface area contributed by atoms with Gasteiger partial charge in [0, 0.05) is 25.7 Å². The molecule has 4 aromatic carbocycles. The molecule has 4 aromatic rings. The third-order valence-corrected chi connectivity index (χ3v) is 8.74. The molecule has 2 unspecified atom stereocenters. The van der Waals surface area contributed by atoms with Crippen molar-refractivity contribution in [1.29, 1.82) is 0 Å². The quantitative estimate of drug-likeness (QED) is 0.320. The molecular weight excluding hydrogens is 482 g/mol. The molecule has 2 heterocycles. The zero-order chi connectivity index (χ0) is 26.8. The first-order chi connectivity index (χ1) is 19.1. The molecule has 5 nitrogen and oxygen atoms in total. The molecular formula is C34H37N3O2. The number of carbonyl (C=O) groups excluding carboxylic acids is 2. The smallest absolute Gasteiger partial charge is 0.255 e. The number of likely N-dealkylation sites (tertiary alicyclic amines) is 2. The average Bonchev–Trinajstić information content (AvgIpc) is 3.00. The topological polar surface area (TPSA) is 52.7 Å². The first-order valence-electron chi connectivity index (χ1n) is 14.4. The van der Waals surface area contributed by atoms with Crippen LogP contribution in [0, 0.1) is 5.92 Å². The molecule has 2 saturated heterocycles. The number of carbonyl (C=O) groups is 2. The van der Waals surface area contributed by atoms with Gasteiger partial charge in [-0.25, -0.2) is 0 Å². The van der Waals surface area contributed by atoms with Crippen LogP contribution >= 0.6 is 0 Å². The highest BCUT2D eigenvalue weighted by Gasteiger charge is 2.33. The molecule has 1 N–H and O–H groups in total. The Morgan fingerprint density at radius 3 is 2.08 bits per heavy atom. The van der Waals surface area contributed by atoms with Crippen molar-refractivity contribution in [3.05, 3.63) is 96.1 Å². The Morgan fingerprint density at radius 2 is 1.41 bits per heavy atom. The van der Waals surface area contributed by atoms with E-state index in [4.69, 9.17) is 0 Å². The minimum Gasteiger partial charge on any atom is -0.349 e. The summed E-state index contributed by atoms with van der Waals surface area (Å²) in [5.74, 6) is 0.311. The van der Waals surface area contributed by atoms with E-state index in [0.717, 1.165) is 84.5 Å². The lowest BCUT2D eigenvalue weighted by molar-refractivity contribution is -0.127. The molecule has 5 heteroatoms. The van der Waals surface area contributed by atoms with Crippen LogP contribution in [0.1, 0.15) is 54.6 Å². The zero-order valence-corrected chi connectivity index (χ0v) is 22.7. The predicted molar refractivity (Wildman–Crippen MR) is 158 cm³/mol. The molecule has 0 bridgehead atoms. The van der Waals surface area contributed by atoms with Gasteiger partial charge < -0.3 is 10.2 Å². The second-order valence-corrected chi connectivity index (χ2v) is 11.2. The fourth-order valence-corrected chi connectivity index (χ4v) is 6.54. The van der Waals surface area contributed by atoms with Gasteiger partial charge in [0.25, 0.3) is 5.91 Å². The second kappa shape index (κ2) is 11.2. The van der Waals surface area contributed by atoms with Gasteiger partial charge in [-0.3, -0.25) is 14.5 Å². The summed E-state index contributed by atoms with van der Waals surface area (Å²) in [5.41, 5.74) is 1.96. The van der Waals surface area contributed by atoms with Crippen LogP contribution in [-0.2, 0) is 4.79 Å². The molecule has 0 saturated carbocycles. The molecule has 2 fully saturated rings. The van der Waals surface area contributed by atoms with Gasteiger partial charge >= 0.3 is 0 Å². The second-order valence-electron chi connectivity index (χ2n) is 11.2. The van der Waals surface area contributed by atoms with E-state index in [1.165, 1.54) is 0 Å². The molecule has 0 radical (unpaired) electrons. The van der Waals surface area contributed by atoms with Crippen LogP contribution in [0.5, 0.6) is 0 Å². The number of hydrogen-bond donors (Lipinski definition) is 1. The molecule has 2 atom stereocenters. The van der Waals surface area contributed by atoms with Gasteiger partial charge in [-0.1, -0.05) is 78.9 Å². The highest BCUT2D eigenvalue weighted by Crippen LogP contribution is 2.31. The number of piperidine rings is 2. The Hall–Kier alpha value is -3.70. The largest absolute Gasteiger partial charge is 0.349 e. The number of nitrogens with one attached hydrogen (secondary N) is 1. The number of amides is 2. The van der Waals surface area contributed by atoms with Crippen molar-refractivity contribution in [2.45, 2.75) is 44.7 Å². The van der Waals surface area contributed by atoms with Crippen molar-refractivity contribution in [2.75, 3.05) is 26.2 Å². The maximum Gasteiger partial charge on any atom is 0.255 e. The highest BCUT2D eigenvalue weighted by atomic mass is 16.2. The van der Waals surface area contributed by atoms with Crippen molar-refractivity contribution in [2.24, 2.45) is 5.92 Å². The molecule has 200 valence electrons. The third kappa shape index (κ3) is 5.28. The van der Waals surface area contributed by atoms with Gasteiger partial charge in [-0.2, -0.15) is 0 Å². The summed E-state index contributed by atoms with van der Waals surface area (Å²) in [5, 5.41) is 7.50. The Kier molecular flexibility index (Phi) is 7.34. The Bertz CT molecular complexity index is 1420. The zero-order valence-electron chi connectivity index (χ0n) is 22.7. The van der Waals surface area contributed by atoms with Gasteiger partial charge in [0.1, 0.15) is 0 Å². The summed E-state index contributed by atoms with van der Waals surface area (Å²) in [7, 11) is 0. The van der Waals surface area contributed by atoms with Crippen LogP contribution in [0.3, 0.4) is 0 Å². The van der Waals surface area contributed by atoms with Crippen molar-refractivity contribution in [3.8, 4) is 0 Å². The van der Waals surface area contributed by atoms with Gasteiger partial charge in [0.15, 0.2) is 0 Å². The van der Waals surface area contributed by atoms with Gasteiger partial charge in [-0.15, -0.1) is 0 Å². The third-order valence-electron chi connectivity index (χ3n) is 8.74. The van der Waals surface area contributed by atoms with E-state index in [0.29, 0.717) is 6.04 Å². The molecule has 0 aromatic heterocycles. The average molecular weight is 520 g/mol. The van der Waals surface area contributed by atoms with Crippen LogP contribution in [0.15, 0.2) is 84.9 Å². The lowest BCUT2D eigenvalue weighted by Gasteiger charge is -2.42. The van der Waals surface area contributed by atoms with Gasteiger partial charge in [0.2, 0.25) is 5.91 Å². The predicted octanol–water partition coefficient (Wildman–Crippen LogP) is 6.19. The van der Waals surface area contributed by atoms with E-state index in [2.05, 4.69) is 59.6 Å². The highest BCUT2D eigenvalue weighted by molar-refractivity contribution is 6.18. The lowest BCUT2D eigenvalue weighted by atomic mass is 9.92. The maximum absolute atomic E-state index is 13.9. The summed E-state index contributed by atoms with van der Waals surface area (Å²) >= 11 is 0. The van der Waals surface area contributed by atoms with Crippen molar-refractivity contribution in [1.82, 2.24) is 15.1 Å². The maximum atomic E-state index is 13.9. The Balaban J connectivity index is 1.11. The molecule has 2 amide bonds. The van der Waals surface area contributed by atoms with E-state index in [1.807, 2.05) is 47.4 Å². The van der Waals surface area contributed by atoms with Crippen LogP contribution in [0.25, 0.3) is 21.5 Å². The minimum absolute atomic E-state index is 0.00785. The molecule has 2 aliphatic heterocycles. The fourth-order valence-electron chi connectivity index (χ4n) is 6.54. The monoisotopic (exact) mass is 519 g/mol. The van der Waals surface area contributed by atoms with E-state index < -0.39 is 0 Å². The molecule has 6 rings (SSSR count). The van der Waals surface area contributed by atoms with E-state index >= 15 is 0 Å². The summed E-state index contributed by atoms with van der Waals surface area (Å²) in [4.78, 5) is 31.6. The number of nitrogens with zero attached hydrogens (tertiary/aromatic N) is 2. The van der Waals surface area contributed by atoms with Crippen LogP contribution in [-0.4, -0.2) is 53.8 Å². The van der Waals surface area contributed by atoms with Crippen molar-refractivity contribution in [3.63, 3.8) is 0 Å². The van der Waals surface area contributed by atoms with Gasteiger partial charge in [-0.05, 0) is 72.3 Å². The Labute approximate surface area is 230 Å². The van der Waals surface area contributed by atoms with E-state index in [1.54, 1.807) is 0 Å². The van der Waals surface area contributed by atoms with Gasteiger partial charge in [0.05, 0.1) is 17.5 Å². The molecule has 0 aliphatic carbocycles. The van der Waals surface area contributed by atoms with Crippen molar-refractivity contribution >= 4 is 33.4 Å². The van der Waals surface area contributed by atoms with Crippen LogP contribution in [0.2, 0.25) is 0 Å².